The number of allylic oxidation sites excluding steroid dienone is 2. The predicted octanol–water partition coefficient (Wildman–Crippen LogP) is 2.97. The quantitative estimate of drug-likeness (QED) is 0.106. The molecule has 5 rings (SSSR count). The summed E-state index contributed by atoms with van der Waals surface area (Å²) < 4.78 is 11.2. The number of amides is 4. The lowest BCUT2D eigenvalue weighted by Crippen LogP contribution is -2.20. The molecule has 0 saturated carbocycles. The lowest BCUT2D eigenvalue weighted by Gasteiger charge is -2.12. The standard InChI is InChI=1S/C31H34N10O5/c1-4-12-46-25-16-20(28(33)44)15-22-26(25)40(31(36-22)37-29(45)24-13-18(3)38-41(24)5-2)11-7-6-10-39-23-9-8-19(27(32)43)14-21(23)35-30(39)34-17-42/h6-9,13-17H,4-5,10-12H2,1-3H3,(H2,32,43)(H2,33,44)(H,34,35,42)(H,36,37,45)/b7-6+. The first kappa shape index (κ1) is 31.4. The van der Waals surface area contributed by atoms with Gasteiger partial charge >= 0.3 is 0 Å². The Morgan fingerprint density at radius 1 is 0.913 bits per heavy atom. The van der Waals surface area contributed by atoms with E-state index in [1.165, 1.54) is 0 Å². The van der Waals surface area contributed by atoms with E-state index in [-0.39, 0.29) is 24.0 Å². The number of imidazole rings is 2. The van der Waals surface area contributed by atoms with Gasteiger partial charge in [0.2, 0.25) is 30.1 Å². The number of fused-ring (bicyclic) bond motifs is 2. The second-order valence-corrected chi connectivity index (χ2v) is 10.4. The highest BCUT2D eigenvalue weighted by molar-refractivity contribution is 6.04. The number of nitrogens with zero attached hydrogens (tertiary/aromatic N) is 6. The van der Waals surface area contributed by atoms with Crippen molar-refractivity contribution in [1.29, 1.82) is 0 Å². The van der Waals surface area contributed by atoms with Crippen molar-refractivity contribution in [2.45, 2.75) is 46.8 Å². The van der Waals surface area contributed by atoms with E-state index in [0.717, 1.165) is 6.42 Å². The number of primary amides is 2. The number of hydrogen-bond donors (Lipinski definition) is 4. The number of carbonyl (C=O) groups excluding carboxylic acids is 4. The second kappa shape index (κ2) is 13.3. The van der Waals surface area contributed by atoms with E-state index in [4.69, 9.17) is 16.2 Å². The van der Waals surface area contributed by atoms with Gasteiger partial charge in [-0.3, -0.25) is 34.5 Å². The van der Waals surface area contributed by atoms with Crippen LogP contribution in [0.1, 0.15) is 57.2 Å². The van der Waals surface area contributed by atoms with Crippen molar-refractivity contribution in [3.8, 4) is 5.75 Å². The number of aromatic nitrogens is 6. The highest BCUT2D eigenvalue weighted by Crippen LogP contribution is 2.31. The van der Waals surface area contributed by atoms with Crippen LogP contribution < -0.4 is 26.8 Å². The molecule has 2 aromatic carbocycles. The number of aryl methyl sites for hydroxylation is 2. The van der Waals surface area contributed by atoms with Crippen molar-refractivity contribution in [2.24, 2.45) is 11.5 Å². The SMILES string of the molecule is CCCOc1cc(C(N)=O)cc2nc(NC(=O)c3cc(C)nn3CC)n(C/C=C/Cn3c(NC=O)nc4cc(C(N)=O)ccc43)c12. The van der Waals surface area contributed by atoms with Gasteiger partial charge in [-0.25, -0.2) is 9.97 Å². The third-order valence-corrected chi connectivity index (χ3v) is 7.18. The van der Waals surface area contributed by atoms with Crippen LogP contribution in [-0.4, -0.2) is 59.6 Å². The average Bonchev–Trinajstić information content (AvgIpc) is 3.69. The highest BCUT2D eigenvalue weighted by Gasteiger charge is 2.21. The maximum absolute atomic E-state index is 13.4. The molecule has 0 atom stereocenters. The molecule has 15 heteroatoms. The van der Waals surface area contributed by atoms with Crippen molar-refractivity contribution >= 4 is 58.1 Å². The molecule has 0 aliphatic rings. The Morgan fingerprint density at radius 3 is 2.28 bits per heavy atom. The van der Waals surface area contributed by atoms with Gasteiger partial charge in [-0.2, -0.15) is 5.10 Å². The second-order valence-electron chi connectivity index (χ2n) is 10.4. The smallest absolute Gasteiger partial charge is 0.276 e. The highest BCUT2D eigenvalue weighted by atomic mass is 16.5. The van der Waals surface area contributed by atoms with Crippen LogP contribution in [0.25, 0.3) is 22.1 Å². The molecule has 0 aliphatic heterocycles. The van der Waals surface area contributed by atoms with Gasteiger partial charge in [0.25, 0.3) is 5.91 Å². The van der Waals surface area contributed by atoms with E-state index in [9.17, 15) is 19.2 Å². The number of anilines is 2. The summed E-state index contributed by atoms with van der Waals surface area (Å²) in [4.78, 5) is 57.6. The molecule has 0 saturated heterocycles. The first-order chi connectivity index (χ1) is 22.1. The molecule has 15 nitrogen and oxygen atoms in total. The normalized spacial score (nSPS) is 11.4. The zero-order chi connectivity index (χ0) is 33.0. The summed E-state index contributed by atoms with van der Waals surface area (Å²) in [5, 5.41) is 9.85. The van der Waals surface area contributed by atoms with Crippen LogP contribution in [-0.2, 0) is 24.4 Å². The molecule has 5 aromatic rings. The molecule has 4 amide bonds. The van der Waals surface area contributed by atoms with Crippen LogP contribution in [0.4, 0.5) is 11.9 Å². The van der Waals surface area contributed by atoms with Crippen molar-refractivity contribution in [2.75, 3.05) is 17.2 Å². The van der Waals surface area contributed by atoms with E-state index in [0.29, 0.717) is 70.9 Å². The monoisotopic (exact) mass is 626 g/mol. The topological polar surface area (TPSA) is 207 Å². The fraction of sp³-hybridized carbons (Fsp3) is 0.258. The molecule has 0 spiro atoms. The molecular formula is C31H34N10O5. The lowest BCUT2D eigenvalue weighted by molar-refractivity contribution is -0.105. The molecule has 3 heterocycles. The van der Waals surface area contributed by atoms with Gasteiger partial charge < -0.3 is 25.3 Å². The van der Waals surface area contributed by atoms with Crippen molar-refractivity contribution in [3.63, 3.8) is 0 Å². The lowest BCUT2D eigenvalue weighted by atomic mass is 10.1. The molecular weight excluding hydrogens is 592 g/mol. The molecule has 3 aromatic heterocycles. The fourth-order valence-corrected chi connectivity index (χ4v) is 5.09. The first-order valence-electron chi connectivity index (χ1n) is 14.6. The van der Waals surface area contributed by atoms with Gasteiger partial charge in [-0.05, 0) is 56.7 Å². The number of nitrogens with one attached hydrogen (secondary N) is 2. The van der Waals surface area contributed by atoms with Crippen LogP contribution in [0.2, 0.25) is 0 Å². The number of carbonyl (C=O) groups is 4. The zero-order valence-electron chi connectivity index (χ0n) is 25.6. The molecule has 0 aliphatic carbocycles. The number of ether oxygens (including phenoxy) is 1. The Bertz CT molecular complexity index is 2000. The summed E-state index contributed by atoms with van der Waals surface area (Å²) in [5.74, 6) is -0.720. The minimum absolute atomic E-state index is 0.220. The van der Waals surface area contributed by atoms with Crippen LogP contribution in [0.5, 0.6) is 5.75 Å². The molecule has 238 valence electrons. The third-order valence-electron chi connectivity index (χ3n) is 7.18. The van der Waals surface area contributed by atoms with Gasteiger partial charge in [0.1, 0.15) is 17.0 Å². The van der Waals surface area contributed by atoms with Crippen molar-refractivity contribution in [3.05, 3.63) is 71.1 Å². The minimum Gasteiger partial charge on any atom is -0.491 e. The maximum Gasteiger partial charge on any atom is 0.276 e. The zero-order valence-corrected chi connectivity index (χ0v) is 25.6. The molecule has 0 radical (unpaired) electrons. The van der Waals surface area contributed by atoms with E-state index >= 15 is 0 Å². The van der Waals surface area contributed by atoms with E-state index in [1.807, 2.05) is 32.9 Å². The van der Waals surface area contributed by atoms with Crippen molar-refractivity contribution < 1.29 is 23.9 Å². The van der Waals surface area contributed by atoms with Crippen LogP contribution >= 0.6 is 0 Å². The van der Waals surface area contributed by atoms with Gasteiger partial charge in [0.05, 0.1) is 28.9 Å². The Labute approximate surface area is 263 Å². The summed E-state index contributed by atoms with van der Waals surface area (Å²) in [7, 11) is 0. The number of benzene rings is 2. The third kappa shape index (κ3) is 6.29. The van der Waals surface area contributed by atoms with Crippen LogP contribution in [0, 0.1) is 6.92 Å². The molecule has 0 unspecified atom stereocenters. The van der Waals surface area contributed by atoms with Crippen LogP contribution in [0.3, 0.4) is 0 Å². The molecule has 0 fully saturated rings. The Kier molecular flexibility index (Phi) is 9.11. The molecule has 6 N–H and O–H groups in total. The summed E-state index contributed by atoms with van der Waals surface area (Å²) in [6.07, 6.45) is 4.96. The van der Waals surface area contributed by atoms with E-state index in [1.54, 1.807) is 50.2 Å². The largest absolute Gasteiger partial charge is 0.491 e. The van der Waals surface area contributed by atoms with Crippen LogP contribution in [0.15, 0.2) is 48.6 Å². The molecule has 0 bridgehead atoms. The summed E-state index contributed by atoms with van der Waals surface area (Å²) >= 11 is 0. The van der Waals surface area contributed by atoms with Gasteiger partial charge in [0, 0.05) is 30.8 Å². The van der Waals surface area contributed by atoms with E-state index in [2.05, 4.69) is 25.7 Å². The maximum atomic E-state index is 13.4. The Morgan fingerprint density at radius 2 is 1.61 bits per heavy atom. The number of rotatable bonds is 14. The van der Waals surface area contributed by atoms with E-state index < -0.39 is 17.7 Å². The Hall–Kier alpha value is -5.99. The Balaban J connectivity index is 1.53. The average molecular weight is 627 g/mol. The van der Waals surface area contributed by atoms with Gasteiger partial charge in [0.15, 0.2) is 0 Å². The first-order valence-corrected chi connectivity index (χ1v) is 14.6. The summed E-state index contributed by atoms with van der Waals surface area (Å²) in [6.45, 7) is 7.08. The molecule has 46 heavy (non-hydrogen) atoms. The number of hydrogen-bond acceptors (Lipinski definition) is 8. The minimum atomic E-state index is -0.638. The van der Waals surface area contributed by atoms with Gasteiger partial charge in [-0.1, -0.05) is 19.1 Å². The fourth-order valence-electron chi connectivity index (χ4n) is 5.09. The summed E-state index contributed by atoms with van der Waals surface area (Å²) in [6, 6.07) is 9.68. The van der Waals surface area contributed by atoms with Crippen molar-refractivity contribution in [1.82, 2.24) is 28.9 Å². The number of nitrogens with two attached hydrogens (primary N) is 2. The predicted molar refractivity (Wildman–Crippen MR) is 172 cm³/mol. The summed E-state index contributed by atoms with van der Waals surface area (Å²) in [5.41, 5.74) is 14.8. The van der Waals surface area contributed by atoms with Gasteiger partial charge in [-0.15, -0.1) is 0 Å².